The first-order chi connectivity index (χ1) is 14.4. The molecular formula is C21H16FN3O2S3. The average Bonchev–Trinajstić information content (AvgIpc) is 3.21. The van der Waals surface area contributed by atoms with E-state index >= 15 is 0 Å². The maximum absolute atomic E-state index is 13.0. The molecule has 9 heteroatoms. The summed E-state index contributed by atoms with van der Waals surface area (Å²) in [7, 11) is 0. The lowest BCUT2D eigenvalue weighted by Crippen LogP contribution is -2.31. The van der Waals surface area contributed by atoms with Crippen molar-refractivity contribution in [3.63, 3.8) is 0 Å². The topological polar surface area (TPSA) is 62.3 Å². The number of thiazole rings is 1. The Morgan fingerprint density at radius 1 is 1.27 bits per heavy atom. The van der Waals surface area contributed by atoms with Crippen molar-refractivity contribution in [2.75, 3.05) is 11.9 Å². The van der Waals surface area contributed by atoms with Gasteiger partial charge in [-0.05, 0) is 48.4 Å². The van der Waals surface area contributed by atoms with Crippen LogP contribution in [0.5, 0.6) is 0 Å². The molecule has 0 bridgehead atoms. The van der Waals surface area contributed by atoms with Gasteiger partial charge in [0.2, 0.25) is 5.91 Å². The van der Waals surface area contributed by atoms with Crippen molar-refractivity contribution in [2.24, 2.45) is 0 Å². The quantitative estimate of drug-likeness (QED) is 0.433. The van der Waals surface area contributed by atoms with Gasteiger partial charge in [-0.1, -0.05) is 53.5 Å². The maximum Gasteiger partial charge on any atom is 0.266 e. The predicted octanol–water partition coefficient (Wildman–Crippen LogP) is 4.97. The van der Waals surface area contributed by atoms with Crippen LogP contribution in [0.3, 0.4) is 0 Å². The second kappa shape index (κ2) is 8.63. The Morgan fingerprint density at radius 3 is 2.80 bits per heavy atom. The Morgan fingerprint density at radius 2 is 2.03 bits per heavy atom. The highest BCUT2D eigenvalue weighted by Gasteiger charge is 2.32. The van der Waals surface area contributed by atoms with Gasteiger partial charge in [0.15, 0.2) is 5.13 Å². The van der Waals surface area contributed by atoms with Crippen LogP contribution in [0.2, 0.25) is 0 Å². The van der Waals surface area contributed by atoms with Crippen LogP contribution in [0.1, 0.15) is 17.5 Å². The summed E-state index contributed by atoms with van der Waals surface area (Å²) >= 11 is 7.88. The predicted molar refractivity (Wildman–Crippen MR) is 124 cm³/mol. The number of hydrogen-bond acceptors (Lipinski definition) is 6. The Balaban J connectivity index is 1.37. The molecule has 2 aromatic carbocycles. The van der Waals surface area contributed by atoms with Crippen molar-refractivity contribution in [2.45, 2.75) is 13.3 Å². The monoisotopic (exact) mass is 457 g/mol. The first-order valence-corrected chi connectivity index (χ1v) is 11.1. The number of amides is 2. The van der Waals surface area contributed by atoms with Gasteiger partial charge in [-0.25, -0.2) is 9.37 Å². The van der Waals surface area contributed by atoms with Gasteiger partial charge in [0.25, 0.3) is 5.91 Å². The summed E-state index contributed by atoms with van der Waals surface area (Å²) < 4.78 is 14.5. The van der Waals surface area contributed by atoms with Crippen molar-refractivity contribution in [3.05, 3.63) is 64.3 Å². The SMILES string of the molecule is Cc1ccc2nc(NC(=O)CCN3C(=O)/C(=C/c4ccc(F)cc4)SC3=S)sc2c1. The second-order valence-electron chi connectivity index (χ2n) is 6.67. The van der Waals surface area contributed by atoms with Crippen molar-refractivity contribution < 1.29 is 14.0 Å². The Hall–Kier alpha value is -2.62. The number of anilines is 1. The fraction of sp³-hybridized carbons (Fsp3) is 0.143. The number of halogens is 1. The van der Waals surface area contributed by atoms with E-state index in [9.17, 15) is 14.0 Å². The first-order valence-electron chi connectivity index (χ1n) is 9.07. The molecule has 0 aliphatic carbocycles. The molecule has 2 heterocycles. The van der Waals surface area contributed by atoms with E-state index in [1.807, 2.05) is 25.1 Å². The lowest BCUT2D eigenvalue weighted by molar-refractivity contribution is -0.122. The van der Waals surface area contributed by atoms with E-state index in [4.69, 9.17) is 12.2 Å². The van der Waals surface area contributed by atoms with E-state index in [1.165, 1.54) is 40.1 Å². The number of fused-ring (bicyclic) bond motifs is 1. The van der Waals surface area contributed by atoms with Crippen LogP contribution >= 0.6 is 35.3 Å². The summed E-state index contributed by atoms with van der Waals surface area (Å²) in [5.41, 5.74) is 2.68. The van der Waals surface area contributed by atoms with Gasteiger partial charge in [0.05, 0.1) is 15.1 Å². The molecule has 0 saturated carbocycles. The highest BCUT2D eigenvalue weighted by atomic mass is 32.2. The van der Waals surface area contributed by atoms with E-state index in [-0.39, 0.29) is 30.6 Å². The van der Waals surface area contributed by atoms with Crippen molar-refractivity contribution in [3.8, 4) is 0 Å². The number of aromatic nitrogens is 1. The van der Waals surface area contributed by atoms with E-state index in [0.717, 1.165) is 15.8 Å². The van der Waals surface area contributed by atoms with Gasteiger partial charge >= 0.3 is 0 Å². The fourth-order valence-electron chi connectivity index (χ4n) is 2.88. The van der Waals surface area contributed by atoms with Gasteiger partial charge in [0, 0.05) is 13.0 Å². The highest BCUT2D eigenvalue weighted by molar-refractivity contribution is 8.26. The zero-order valence-electron chi connectivity index (χ0n) is 15.8. The summed E-state index contributed by atoms with van der Waals surface area (Å²) in [6, 6.07) is 11.8. The normalized spacial score (nSPS) is 15.4. The van der Waals surface area contributed by atoms with Gasteiger partial charge in [-0.15, -0.1) is 0 Å². The lowest BCUT2D eigenvalue weighted by Gasteiger charge is -2.13. The molecule has 0 spiro atoms. The van der Waals surface area contributed by atoms with Crippen molar-refractivity contribution in [1.82, 2.24) is 9.88 Å². The third-order valence-electron chi connectivity index (χ3n) is 4.39. The van der Waals surface area contributed by atoms with E-state index in [1.54, 1.807) is 18.2 Å². The molecule has 1 saturated heterocycles. The van der Waals surface area contributed by atoms with E-state index in [2.05, 4.69) is 10.3 Å². The summed E-state index contributed by atoms with van der Waals surface area (Å²) in [4.78, 5) is 31.3. The van der Waals surface area contributed by atoms with Crippen LogP contribution in [0.4, 0.5) is 9.52 Å². The molecule has 3 aromatic rings. The number of aryl methyl sites for hydroxylation is 1. The second-order valence-corrected chi connectivity index (χ2v) is 9.38. The molecule has 152 valence electrons. The summed E-state index contributed by atoms with van der Waals surface area (Å²) in [6.45, 7) is 2.19. The molecule has 1 N–H and O–H groups in total. The van der Waals surface area contributed by atoms with Crippen molar-refractivity contribution in [1.29, 1.82) is 0 Å². The molecule has 0 radical (unpaired) electrons. The molecule has 0 atom stereocenters. The standard InChI is InChI=1S/C21H16FN3O2S3/c1-12-2-7-15-16(10-12)29-20(23-15)24-18(26)8-9-25-19(27)17(30-21(25)28)11-13-3-5-14(22)6-4-13/h2-7,10-11H,8-9H2,1H3,(H,23,24,26)/b17-11-. The molecule has 0 unspecified atom stereocenters. The molecule has 5 nitrogen and oxygen atoms in total. The maximum atomic E-state index is 13.0. The number of benzene rings is 2. The van der Waals surface area contributed by atoms with Crippen LogP contribution in [0.25, 0.3) is 16.3 Å². The third-order valence-corrected chi connectivity index (χ3v) is 6.71. The van der Waals surface area contributed by atoms with Crippen LogP contribution in [0, 0.1) is 12.7 Å². The van der Waals surface area contributed by atoms with Crippen molar-refractivity contribution >= 4 is 72.9 Å². The van der Waals surface area contributed by atoms with Crippen LogP contribution in [0.15, 0.2) is 47.4 Å². The Bertz CT molecular complexity index is 1190. The first kappa shape index (κ1) is 20.6. The molecule has 1 aliphatic heterocycles. The molecule has 2 amide bonds. The Labute approximate surface area is 186 Å². The van der Waals surface area contributed by atoms with Gasteiger partial charge in [-0.2, -0.15) is 0 Å². The lowest BCUT2D eigenvalue weighted by atomic mass is 10.2. The Kier molecular flexibility index (Phi) is 5.94. The molecule has 4 rings (SSSR count). The molecule has 1 aromatic heterocycles. The molecule has 1 aliphatic rings. The molecule has 30 heavy (non-hydrogen) atoms. The number of nitrogens with zero attached hydrogens (tertiary/aromatic N) is 2. The average molecular weight is 458 g/mol. The zero-order valence-corrected chi connectivity index (χ0v) is 18.3. The van der Waals surface area contributed by atoms with E-state index < -0.39 is 0 Å². The highest BCUT2D eigenvalue weighted by Crippen LogP contribution is 2.33. The summed E-state index contributed by atoms with van der Waals surface area (Å²) in [5, 5.41) is 3.32. The fourth-order valence-corrected chi connectivity index (χ4v) is 5.17. The van der Waals surface area contributed by atoms with Gasteiger partial charge in [-0.3, -0.25) is 14.5 Å². The molecular weight excluding hydrogens is 441 g/mol. The molecule has 1 fully saturated rings. The smallest absolute Gasteiger partial charge is 0.266 e. The zero-order chi connectivity index (χ0) is 21.3. The third kappa shape index (κ3) is 4.58. The summed E-state index contributed by atoms with van der Waals surface area (Å²) in [5.74, 6) is -0.825. The number of thioether (sulfide) groups is 1. The number of rotatable bonds is 5. The van der Waals surface area contributed by atoms with E-state index in [0.29, 0.717) is 19.9 Å². The van der Waals surface area contributed by atoms with Gasteiger partial charge < -0.3 is 5.32 Å². The van der Waals surface area contributed by atoms with Crippen LogP contribution in [-0.2, 0) is 9.59 Å². The number of carbonyl (C=O) groups is 2. The van der Waals surface area contributed by atoms with Gasteiger partial charge in [0.1, 0.15) is 10.1 Å². The minimum Gasteiger partial charge on any atom is -0.302 e. The largest absolute Gasteiger partial charge is 0.302 e. The number of nitrogens with one attached hydrogen (secondary N) is 1. The number of carbonyl (C=O) groups excluding carboxylic acids is 2. The van der Waals surface area contributed by atoms with Crippen LogP contribution < -0.4 is 5.32 Å². The minimum atomic E-state index is -0.339. The number of thiocarbonyl (C=S) groups is 1. The number of hydrogen-bond donors (Lipinski definition) is 1. The minimum absolute atomic E-state index is 0.102. The van der Waals surface area contributed by atoms with Crippen LogP contribution in [-0.4, -0.2) is 32.6 Å². The summed E-state index contributed by atoms with van der Waals surface area (Å²) in [6.07, 6.45) is 1.77.